The van der Waals surface area contributed by atoms with Gasteiger partial charge in [-0.2, -0.15) is 4.98 Å². The molecule has 0 aromatic carbocycles. The van der Waals surface area contributed by atoms with Crippen LogP contribution in [-0.2, 0) is 11.2 Å². The van der Waals surface area contributed by atoms with Crippen molar-refractivity contribution in [3.8, 4) is 0 Å². The van der Waals surface area contributed by atoms with E-state index in [1.807, 2.05) is 27.7 Å². The van der Waals surface area contributed by atoms with Crippen LogP contribution in [-0.4, -0.2) is 28.1 Å². The molecule has 0 unspecified atom stereocenters. The summed E-state index contributed by atoms with van der Waals surface area (Å²) in [5.74, 6) is 1.39. The Morgan fingerprint density at radius 2 is 2.05 bits per heavy atom. The Morgan fingerprint density at radius 3 is 2.50 bits per heavy atom. The summed E-state index contributed by atoms with van der Waals surface area (Å²) in [6, 6.07) is 0. The Balaban J connectivity index is 2.50. The lowest BCUT2D eigenvalue weighted by molar-refractivity contribution is -0.123. The standard InChI is InChI=1S/C14H26N4O2/c1-5-14(6-2,9-15)17-11(19)7-8-12-16-13(10(3)4)18-20-12/h10H,5-9,15H2,1-4H3,(H,17,19). The number of rotatable bonds is 8. The van der Waals surface area contributed by atoms with E-state index < -0.39 is 0 Å². The third-order valence-corrected chi connectivity index (χ3v) is 3.71. The molecule has 0 radical (unpaired) electrons. The molecule has 1 aromatic heterocycles. The monoisotopic (exact) mass is 282 g/mol. The van der Waals surface area contributed by atoms with Crippen LogP contribution in [0.15, 0.2) is 4.52 Å². The highest BCUT2D eigenvalue weighted by Crippen LogP contribution is 2.14. The summed E-state index contributed by atoms with van der Waals surface area (Å²) in [5.41, 5.74) is 5.47. The molecular weight excluding hydrogens is 256 g/mol. The Bertz CT molecular complexity index is 416. The first-order valence-corrected chi connectivity index (χ1v) is 7.30. The van der Waals surface area contributed by atoms with Crippen molar-refractivity contribution in [2.75, 3.05) is 6.54 Å². The van der Waals surface area contributed by atoms with Crippen LogP contribution < -0.4 is 11.1 Å². The van der Waals surface area contributed by atoms with Gasteiger partial charge in [-0.25, -0.2) is 0 Å². The van der Waals surface area contributed by atoms with Crippen molar-refractivity contribution in [1.29, 1.82) is 0 Å². The van der Waals surface area contributed by atoms with E-state index in [2.05, 4.69) is 15.5 Å². The molecule has 0 aliphatic carbocycles. The molecule has 1 rings (SSSR count). The zero-order valence-corrected chi connectivity index (χ0v) is 12.9. The molecule has 1 heterocycles. The quantitative estimate of drug-likeness (QED) is 0.757. The van der Waals surface area contributed by atoms with E-state index in [9.17, 15) is 4.79 Å². The average Bonchev–Trinajstić information content (AvgIpc) is 2.92. The minimum Gasteiger partial charge on any atom is -0.349 e. The fourth-order valence-electron chi connectivity index (χ4n) is 1.95. The van der Waals surface area contributed by atoms with Gasteiger partial charge >= 0.3 is 0 Å². The van der Waals surface area contributed by atoms with E-state index >= 15 is 0 Å². The fraction of sp³-hybridized carbons (Fsp3) is 0.786. The normalized spacial score (nSPS) is 11.9. The van der Waals surface area contributed by atoms with E-state index in [1.54, 1.807) is 0 Å². The Hall–Kier alpha value is -1.43. The number of hydrogen-bond donors (Lipinski definition) is 2. The first-order chi connectivity index (χ1) is 9.46. The highest BCUT2D eigenvalue weighted by Gasteiger charge is 2.26. The highest BCUT2D eigenvalue weighted by molar-refractivity contribution is 5.77. The first-order valence-electron chi connectivity index (χ1n) is 7.30. The topological polar surface area (TPSA) is 94.0 Å². The van der Waals surface area contributed by atoms with Gasteiger partial charge in [-0.15, -0.1) is 0 Å². The van der Waals surface area contributed by atoms with Crippen LogP contribution in [0.25, 0.3) is 0 Å². The summed E-state index contributed by atoms with van der Waals surface area (Å²) in [4.78, 5) is 16.2. The average molecular weight is 282 g/mol. The van der Waals surface area contributed by atoms with Gasteiger partial charge in [-0.05, 0) is 12.8 Å². The number of carbonyl (C=O) groups is 1. The van der Waals surface area contributed by atoms with E-state index in [0.29, 0.717) is 31.1 Å². The molecule has 6 nitrogen and oxygen atoms in total. The molecular formula is C14H26N4O2. The van der Waals surface area contributed by atoms with Gasteiger partial charge in [0.05, 0.1) is 5.54 Å². The Labute approximate surface area is 120 Å². The zero-order chi connectivity index (χ0) is 15.2. The van der Waals surface area contributed by atoms with E-state index in [4.69, 9.17) is 10.3 Å². The second-order valence-electron chi connectivity index (χ2n) is 5.44. The molecule has 0 saturated heterocycles. The number of hydrogen-bond acceptors (Lipinski definition) is 5. The van der Waals surface area contributed by atoms with E-state index in [1.165, 1.54) is 0 Å². The maximum atomic E-state index is 12.0. The van der Waals surface area contributed by atoms with Crippen LogP contribution in [0.3, 0.4) is 0 Å². The van der Waals surface area contributed by atoms with Crippen LogP contribution in [0.4, 0.5) is 0 Å². The lowest BCUT2D eigenvalue weighted by Crippen LogP contribution is -2.52. The van der Waals surface area contributed by atoms with Crippen molar-refractivity contribution in [3.05, 3.63) is 11.7 Å². The van der Waals surface area contributed by atoms with Crippen LogP contribution in [0.2, 0.25) is 0 Å². The van der Waals surface area contributed by atoms with Crippen molar-refractivity contribution in [2.45, 2.75) is 64.8 Å². The van der Waals surface area contributed by atoms with Crippen molar-refractivity contribution in [3.63, 3.8) is 0 Å². The molecule has 114 valence electrons. The summed E-state index contributed by atoms with van der Waals surface area (Å²) < 4.78 is 5.12. The van der Waals surface area contributed by atoms with E-state index in [0.717, 1.165) is 12.8 Å². The molecule has 0 aliphatic rings. The van der Waals surface area contributed by atoms with Crippen LogP contribution in [0.1, 0.15) is 64.6 Å². The maximum Gasteiger partial charge on any atom is 0.227 e. The van der Waals surface area contributed by atoms with Crippen LogP contribution in [0.5, 0.6) is 0 Å². The number of nitrogens with one attached hydrogen (secondary N) is 1. The predicted molar refractivity (Wildman–Crippen MR) is 77.2 cm³/mol. The van der Waals surface area contributed by atoms with Gasteiger partial charge in [0, 0.05) is 25.3 Å². The molecule has 6 heteroatoms. The SMILES string of the molecule is CCC(CC)(CN)NC(=O)CCc1nc(C(C)C)no1. The lowest BCUT2D eigenvalue weighted by atomic mass is 9.92. The van der Waals surface area contributed by atoms with Gasteiger partial charge in [0.1, 0.15) is 0 Å². The number of nitrogens with two attached hydrogens (primary N) is 1. The van der Waals surface area contributed by atoms with Crippen LogP contribution >= 0.6 is 0 Å². The molecule has 0 spiro atoms. The number of nitrogens with zero attached hydrogens (tertiary/aromatic N) is 2. The molecule has 0 aliphatic heterocycles. The van der Waals surface area contributed by atoms with Crippen molar-refractivity contribution in [1.82, 2.24) is 15.5 Å². The molecule has 0 bridgehead atoms. The van der Waals surface area contributed by atoms with Crippen molar-refractivity contribution < 1.29 is 9.32 Å². The van der Waals surface area contributed by atoms with Gasteiger partial charge in [-0.1, -0.05) is 32.9 Å². The van der Waals surface area contributed by atoms with Gasteiger partial charge in [0.15, 0.2) is 5.82 Å². The molecule has 1 amide bonds. The molecule has 1 aromatic rings. The summed E-state index contributed by atoms with van der Waals surface area (Å²) in [7, 11) is 0. The first kappa shape index (κ1) is 16.6. The Kier molecular flexibility index (Phi) is 6.13. The molecule has 0 saturated carbocycles. The minimum atomic E-state index is -0.297. The summed E-state index contributed by atoms with van der Waals surface area (Å²) in [6.45, 7) is 8.51. The van der Waals surface area contributed by atoms with Crippen LogP contribution in [0, 0.1) is 0 Å². The largest absolute Gasteiger partial charge is 0.349 e. The molecule has 3 N–H and O–H groups in total. The summed E-state index contributed by atoms with van der Waals surface area (Å²) in [5, 5.41) is 6.90. The van der Waals surface area contributed by atoms with Gasteiger partial charge < -0.3 is 15.6 Å². The molecule has 20 heavy (non-hydrogen) atoms. The molecule has 0 fully saturated rings. The third-order valence-electron chi connectivity index (χ3n) is 3.71. The fourth-order valence-corrected chi connectivity index (χ4v) is 1.95. The number of amides is 1. The number of aromatic nitrogens is 2. The predicted octanol–water partition coefficient (Wildman–Crippen LogP) is 1.76. The van der Waals surface area contributed by atoms with Gasteiger partial charge in [-0.3, -0.25) is 4.79 Å². The smallest absolute Gasteiger partial charge is 0.227 e. The summed E-state index contributed by atoms with van der Waals surface area (Å²) in [6.07, 6.45) is 2.44. The lowest BCUT2D eigenvalue weighted by Gasteiger charge is -2.31. The number of aryl methyl sites for hydroxylation is 1. The zero-order valence-electron chi connectivity index (χ0n) is 12.9. The second kappa shape index (κ2) is 7.38. The second-order valence-corrected chi connectivity index (χ2v) is 5.44. The number of carbonyl (C=O) groups excluding carboxylic acids is 1. The maximum absolute atomic E-state index is 12.0. The Morgan fingerprint density at radius 1 is 1.40 bits per heavy atom. The van der Waals surface area contributed by atoms with Crippen molar-refractivity contribution >= 4 is 5.91 Å². The minimum absolute atomic E-state index is 0.0246. The summed E-state index contributed by atoms with van der Waals surface area (Å²) >= 11 is 0. The van der Waals surface area contributed by atoms with Gasteiger partial charge in [0.25, 0.3) is 0 Å². The highest BCUT2D eigenvalue weighted by atomic mass is 16.5. The third kappa shape index (κ3) is 4.30. The van der Waals surface area contributed by atoms with Gasteiger partial charge in [0.2, 0.25) is 11.8 Å². The van der Waals surface area contributed by atoms with Crippen molar-refractivity contribution in [2.24, 2.45) is 5.73 Å². The molecule has 0 atom stereocenters. The van der Waals surface area contributed by atoms with E-state index in [-0.39, 0.29) is 17.4 Å².